The summed E-state index contributed by atoms with van der Waals surface area (Å²) in [6, 6.07) is 39.5. The van der Waals surface area contributed by atoms with Crippen molar-refractivity contribution in [3.63, 3.8) is 0 Å². The van der Waals surface area contributed by atoms with Gasteiger partial charge in [-0.1, -0.05) is 94.8 Å². The van der Waals surface area contributed by atoms with Crippen molar-refractivity contribution >= 4 is 54.0 Å². The van der Waals surface area contributed by atoms with Gasteiger partial charge < -0.3 is 4.40 Å². The Kier molecular flexibility index (Phi) is 3.76. The first-order valence-corrected chi connectivity index (χ1v) is 11.6. The molecule has 2 aromatic heterocycles. The summed E-state index contributed by atoms with van der Waals surface area (Å²) in [6.07, 6.45) is 0. The van der Waals surface area contributed by atoms with Gasteiger partial charge >= 0.3 is 0 Å². The van der Waals surface area contributed by atoms with E-state index in [4.69, 9.17) is 0 Å². The maximum absolute atomic E-state index is 3.70. The van der Waals surface area contributed by atoms with E-state index in [-0.39, 0.29) is 0 Å². The fourth-order valence-corrected chi connectivity index (χ4v) is 5.69. The molecule has 0 amide bonds. The van der Waals surface area contributed by atoms with Crippen molar-refractivity contribution in [2.45, 2.75) is 0 Å². The highest BCUT2D eigenvalue weighted by Crippen LogP contribution is 2.40. The van der Waals surface area contributed by atoms with Crippen molar-refractivity contribution in [3.05, 3.63) is 114 Å². The van der Waals surface area contributed by atoms with E-state index in [1.165, 1.54) is 60.3 Å². The van der Waals surface area contributed by atoms with Crippen LogP contribution in [0.3, 0.4) is 0 Å². The molecule has 1 nitrogen and oxygen atoms in total. The predicted octanol–water partition coefficient (Wildman–Crippen LogP) is 8.93. The summed E-state index contributed by atoms with van der Waals surface area (Å²) in [4.78, 5) is 0. The van der Waals surface area contributed by atoms with E-state index < -0.39 is 0 Å². The molecule has 7 rings (SSSR count). The highest BCUT2D eigenvalue weighted by molar-refractivity contribution is 9.10. The van der Waals surface area contributed by atoms with Gasteiger partial charge in [0.05, 0.1) is 16.6 Å². The lowest BCUT2D eigenvalue weighted by molar-refractivity contribution is 1.37. The van der Waals surface area contributed by atoms with Crippen LogP contribution < -0.4 is 0 Å². The second-order valence-electron chi connectivity index (χ2n) is 8.35. The first-order chi connectivity index (χ1) is 15.8. The smallest absolute Gasteiger partial charge is 0.0620 e. The Morgan fingerprint density at radius 3 is 2.03 bits per heavy atom. The van der Waals surface area contributed by atoms with Crippen LogP contribution in [0.15, 0.2) is 114 Å². The average Bonchev–Trinajstić information content (AvgIpc) is 3.36. The summed E-state index contributed by atoms with van der Waals surface area (Å²) in [5.74, 6) is 0. The predicted molar refractivity (Wildman–Crippen MR) is 140 cm³/mol. The van der Waals surface area contributed by atoms with Crippen LogP contribution in [0.5, 0.6) is 0 Å². The number of hydrogen-bond acceptors (Lipinski definition) is 0. The highest BCUT2D eigenvalue weighted by Gasteiger charge is 2.17. The molecule has 0 spiro atoms. The third-order valence-electron chi connectivity index (χ3n) is 6.60. The van der Waals surface area contributed by atoms with E-state index in [0.717, 1.165) is 4.47 Å². The lowest BCUT2D eigenvalue weighted by atomic mass is 9.98. The quantitative estimate of drug-likeness (QED) is 0.237. The van der Waals surface area contributed by atoms with Gasteiger partial charge in [0.2, 0.25) is 0 Å². The number of benzene rings is 5. The van der Waals surface area contributed by atoms with Crippen molar-refractivity contribution in [3.8, 4) is 22.3 Å². The van der Waals surface area contributed by atoms with Gasteiger partial charge in [-0.05, 0) is 52.6 Å². The van der Waals surface area contributed by atoms with E-state index in [9.17, 15) is 0 Å². The minimum absolute atomic E-state index is 1.11. The van der Waals surface area contributed by atoms with Gasteiger partial charge in [0, 0.05) is 26.0 Å². The first kappa shape index (κ1) is 18.0. The molecule has 0 aliphatic carbocycles. The Morgan fingerprint density at radius 1 is 0.469 bits per heavy atom. The van der Waals surface area contributed by atoms with E-state index in [1.54, 1.807) is 0 Å². The van der Waals surface area contributed by atoms with E-state index in [0.29, 0.717) is 0 Å². The van der Waals surface area contributed by atoms with Crippen LogP contribution in [0.2, 0.25) is 0 Å². The summed E-state index contributed by atoms with van der Waals surface area (Å²) in [7, 11) is 0. The Morgan fingerprint density at radius 2 is 1.12 bits per heavy atom. The molecule has 0 bridgehead atoms. The van der Waals surface area contributed by atoms with Crippen LogP contribution in [0.1, 0.15) is 0 Å². The zero-order valence-electron chi connectivity index (χ0n) is 17.2. The van der Waals surface area contributed by atoms with Gasteiger partial charge in [-0.15, -0.1) is 0 Å². The second kappa shape index (κ2) is 6.69. The fourth-order valence-electron chi connectivity index (χ4n) is 5.17. The van der Waals surface area contributed by atoms with Crippen LogP contribution in [0, 0.1) is 0 Å². The van der Waals surface area contributed by atoms with Crippen LogP contribution >= 0.6 is 15.9 Å². The highest BCUT2D eigenvalue weighted by atomic mass is 79.9. The summed E-state index contributed by atoms with van der Waals surface area (Å²) in [5.41, 5.74) is 8.76. The summed E-state index contributed by atoms with van der Waals surface area (Å²) in [6.45, 7) is 0. The van der Waals surface area contributed by atoms with Crippen LogP contribution in [0.4, 0.5) is 0 Å². The Hall–Kier alpha value is -3.62. The first-order valence-electron chi connectivity index (χ1n) is 10.8. The number of halogens is 1. The second-order valence-corrected chi connectivity index (χ2v) is 9.20. The number of rotatable bonds is 2. The fraction of sp³-hybridized carbons (Fsp3) is 0. The topological polar surface area (TPSA) is 4.41 Å². The van der Waals surface area contributed by atoms with Gasteiger partial charge in [-0.25, -0.2) is 0 Å². The maximum atomic E-state index is 3.70. The largest absolute Gasteiger partial charge is 0.308 e. The van der Waals surface area contributed by atoms with Gasteiger partial charge in [0.15, 0.2) is 0 Å². The van der Waals surface area contributed by atoms with Gasteiger partial charge in [-0.2, -0.15) is 0 Å². The maximum Gasteiger partial charge on any atom is 0.0620 e. The van der Waals surface area contributed by atoms with Crippen molar-refractivity contribution in [1.82, 2.24) is 4.40 Å². The number of aromatic nitrogens is 1. The summed E-state index contributed by atoms with van der Waals surface area (Å²) < 4.78 is 3.54. The van der Waals surface area contributed by atoms with Crippen molar-refractivity contribution < 1.29 is 0 Å². The Labute approximate surface area is 194 Å². The van der Waals surface area contributed by atoms with E-state index in [1.807, 2.05) is 0 Å². The number of nitrogens with zero attached hydrogens (tertiary/aromatic N) is 1. The van der Waals surface area contributed by atoms with Crippen molar-refractivity contribution in [2.75, 3.05) is 0 Å². The number of fused-ring (bicyclic) bond motifs is 6. The van der Waals surface area contributed by atoms with Crippen molar-refractivity contribution in [1.29, 1.82) is 0 Å². The molecule has 5 aromatic carbocycles. The van der Waals surface area contributed by atoms with Crippen LogP contribution in [-0.2, 0) is 0 Å². The molecule has 0 saturated heterocycles. The molecule has 2 heterocycles. The van der Waals surface area contributed by atoms with Crippen LogP contribution in [-0.4, -0.2) is 4.40 Å². The van der Waals surface area contributed by atoms with E-state index in [2.05, 4.69) is 130 Å². The standard InChI is InChI=1S/C30H18BrN/c31-27-13-3-1-9-22(27)21-8-5-7-19(17-21)20-15-16-29-26(18-20)25-12-6-11-24-23-10-2-4-14-28(23)32(29)30(24)25/h1-18H. The lowest BCUT2D eigenvalue weighted by Gasteiger charge is -2.08. The lowest BCUT2D eigenvalue weighted by Crippen LogP contribution is -1.84. The minimum Gasteiger partial charge on any atom is -0.308 e. The molecule has 32 heavy (non-hydrogen) atoms. The third kappa shape index (κ3) is 2.44. The molecule has 0 saturated carbocycles. The molecule has 2 heteroatoms. The SMILES string of the molecule is Brc1ccccc1-c1cccc(-c2ccc3c(c2)c2cccc4c5ccccc5n3c42)c1. The normalized spacial score (nSPS) is 11.9. The Bertz CT molecular complexity index is 1790. The minimum atomic E-state index is 1.11. The molecule has 7 aromatic rings. The van der Waals surface area contributed by atoms with E-state index >= 15 is 0 Å². The molecule has 0 fully saturated rings. The summed E-state index contributed by atoms with van der Waals surface area (Å²) in [5, 5.41) is 5.27. The zero-order chi connectivity index (χ0) is 21.2. The molecule has 0 aliphatic heterocycles. The molecule has 150 valence electrons. The average molecular weight is 472 g/mol. The molecule has 0 N–H and O–H groups in total. The molecular weight excluding hydrogens is 454 g/mol. The Balaban J connectivity index is 1.49. The molecule has 0 atom stereocenters. The zero-order valence-corrected chi connectivity index (χ0v) is 18.8. The number of hydrogen-bond donors (Lipinski definition) is 0. The van der Waals surface area contributed by atoms with Gasteiger partial charge in [0.1, 0.15) is 0 Å². The molecular formula is C30H18BrN. The van der Waals surface area contributed by atoms with Gasteiger partial charge in [0.25, 0.3) is 0 Å². The molecule has 0 aliphatic rings. The van der Waals surface area contributed by atoms with Crippen LogP contribution in [0.25, 0.3) is 60.3 Å². The molecule has 0 unspecified atom stereocenters. The molecule has 0 radical (unpaired) electrons. The number of para-hydroxylation sites is 2. The monoisotopic (exact) mass is 471 g/mol. The third-order valence-corrected chi connectivity index (χ3v) is 7.29. The van der Waals surface area contributed by atoms with Crippen molar-refractivity contribution in [2.24, 2.45) is 0 Å². The van der Waals surface area contributed by atoms with Gasteiger partial charge in [-0.3, -0.25) is 0 Å². The summed E-state index contributed by atoms with van der Waals surface area (Å²) >= 11 is 3.70.